The Morgan fingerprint density at radius 2 is 1.74 bits per heavy atom. The number of amides is 2. The van der Waals surface area contributed by atoms with Gasteiger partial charge in [0.05, 0.1) is 34.8 Å². The quantitative estimate of drug-likeness (QED) is 0.381. The van der Waals surface area contributed by atoms with Crippen molar-refractivity contribution in [3.05, 3.63) is 83.4 Å². The Kier molecular flexibility index (Phi) is 5.96. The molecule has 8 nitrogen and oxygen atoms in total. The van der Waals surface area contributed by atoms with E-state index in [0.29, 0.717) is 35.4 Å². The Balaban J connectivity index is 1.45. The maximum absolute atomic E-state index is 13.3. The lowest BCUT2D eigenvalue weighted by molar-refractivity contribution is -0.114. The van der Waals surface area contributed by atoms with Crippen molar-refractivity contribution in [2.24, 2.45) is 0 Å². The number of carbonyl (C=O) groups excluding carboxylic acids is 2. The Bertz CT molecular complexity index is 1560. The van der Waals surface area contributed by atoms with E-state index in [-0.39, 0.29) is 17.6 Å². The summed E-state index contributed by atoms with van der Waals surface area (Å²) in [5, 5.41) is 2.83. The number of hydrogen-bond donors (Lipinski definition) is 1. The van der Waals surface area contributed by atoms with Crippen molar-refractivity contribution < 1.29 is 14.0 Å². The fraction of sp³-hybridized carbons (Fsp3) is 0.160. The molecule has 0 atom stereocenters. The second-order valence-electron chi connectivity index (χ2n) is 8.32. The highest BCUT2D eigenvalue weighted by molar-refractivity contribution is 7.00. The van der Waals surface area contributed by atoms with Crippen molar-refractivity contribution in [1.29, 1.82) is 0 Å². The monoisotopic (exact) mass is 488 g/mol. The molecule has 10 heteroatoms. The molecule has 2 amide bonds. The van der Waals surface area contributed by atoms with Crippen molar-refractivity contribution in [3.63, 3.8) is 0 Å². The van der Waals surface area contributed by atoms with Crippen LogP contribution in [0.1, 0.15) is 28.4 Å². The number of carbonyl (C=O) groups is 2. The number of fused-ring (bicyclic) bond motifs is 2. The summed E-state index contributed by atoms with van der Waals surface area (Å²) in [7, 11) is 1.72. The number of hydrogen-bond acceptors (Lipinski definition) is 6. The van der Waals surface area contributed by atoms with Crippen LogP contribution in [0.2, 0.25) is 0 Å². The number of benzene rings is 3. The van der Waals surface area contributed by atoms with E-state index in [9.17, 15) is 14.0 Å². The van der Waals surface area contributed by atoms with E-state index in [0.717, 1.165) is 33.9 Å². The van der Waals surface area contributed by atoms with Crippen LogP contribution in [0.3, 0.4) is 0 Å². The maximum Gasteiger partial charge on any atom is 0.254 e. The van der Waals surface area contributed by atoms with Gasteiger partial charge in [0.2, 0.25) is 5.91 Å². The molecule has 1 N–H and O–H groups in total. The van der Waals surface area contributed by atoms with Crippen LogP contribution in [0.4, 0.5) is 10.1 Å². The molecule has 0 aliphatic heterocycles. The molecule has 0 aliphatic rings. The zero-order valence-corrected chi connectivity index (χ0v) is 19.8. The summed E-state index contributed by atoms with van der Waals surface area (Å²) in [6.45, 7) is 2.24. The first kappa shape index (κ1) is 22.6. The summed E-state index contributed by atoms with van der Waals surface area (Å²) < 4.78 is 23.6. The van der Waals surface area contributed by atoms with Crippen LogP contribution in [0.25, 0.3) is 22.1 Å². The first-order valence-electron chi connectivity index (χ1n) is 10.8. The molecule has 0 aliphatic carbocycles. The summed E-state index contributed by atoms with van der Waals surface area (Å²) in [5.74, 6) is -0.773. The average molecular weight is 489 g/mol. The van der Waals surface area contributed by atoms with E-state index < -0.39 is 0 Å². The number of halogens is 1. The van der Waals surface area contributed by atoms with E-state index in [1.165, 1.54) is 19.1 Å². The smallest absolute Gasteiger partial charge is 0.254 e. The normalized spacial score (nSPS) is 11.2. The van der Waals surface area contributed by atoms with Crippen molar-refractivity contribution in [1.82, 2.24) is 23.2 Å². The van der Waals surface area contributed by atoms with Crippen LogP contribution in [0, 0.1) is 5.82 Å². The zero-order valence-electron chi connectivity index (χ0n) is 19.0. The molecule has 0 saturated heterocycles. The molecular formula is C25H21FN6O2S. The highest BCUT2D eigenvalue weighted by atomic mass is 32.1. The zero-order chi connectivity index (χ0) is 24.5. The van der Waals surface area contributed by atoms with Gasteiger partial charge in [0, 0.05) is 32.6 Å². The number of nitrogens with one attached hydrogen (secondary N) is 1. The third kappa shape index (κ3) is 4.73. The highest BCUT2D eigenvalue weighted by Gasteiger charge is 2.18. The van der Waals surface area contributed by atoms with E-state index >= 15 is 0 Å². The molecule has 2 aromatic heterocycles. The van der Waals surface area contributed by atoms with Crippen LogP contribution in [-0.2, 0) is 17.9 Å². The minimum absolute atomic E-state index is 0.205. The standard InChI is InChI=1S/C25H21FN6O2S/c1-15(33)28-23-11-18(25(34)31(2)12-17-5-8-20-21(9-17)30-35-29-20)10-22-24(23)32(14-27-22)13-16-3-6-19(26)7-4-16/h3-11,14H,12-13H2,1-2H3,(H,28,33). The molecule has 0 radical (unpaired) electrons. The fourth-order valence-electron chi connectivity index (χ4n) is 4.02. The SMILES string of the molecule is CC(=O)Nc1cc(C(=O)N(C)Cc2ccc3nsnc3c2)cc2ncn(Cc3ccc(F)cc3)c12. The van der Waals surface area contributed by atoms with Crippen molar-refractivity contribution in [2.75, 3.05) is 12.4 Å². The van der Waals surface area contributed by atoms with E-state index in [2.05, 4.69) is 19.0 Å². The fourth-order valence-corrected chi connectivity index (χ4v) is 4.53. The minimum atomic E-state index is -0.307. The van der Waals surface area contributed by atoms with Gasteiger partial charge in [-0.25, -0.2) is 9.37 Å². The number of aromatic nitrogens is 4. The summed E-state index contributed by atoms with van der Waals surface area (Å²) in [4.78, 5) is 31.3. The molecule has 176 valence electrons. The maximum atomic E-state index is 13.3. The Morgan fingerprint density at radius 1 is 1.00 bits per heavy atom. The summed E-state index contributed by atoms with van der Waals surface area (Å²) in [5.41, 5.74) is 5.60. The van der Waals surface area contributed by atoms with Crippen LogP contribution in [-0.4, -0.2) is 42.1 Å². The lowest BCUT2D eigenvalue weighted by atomic mass is 10.1. The number of nitrogens with zero attached hydrogens (tertiary/aromatic N) is 5. The van der Waals surface area contributed by atoms with Gasteiger partial charge < -0.3 is 14.8 Å². The van der Waals surface area contributed by atoms with Crippen LogP contribution < -0.4 is 5.32 Å². The highest BCUT2D eigenvalue weighted by Crippen LogP contribution is 2.27. The van der Waals surface area contributed by atoms with Gasteiger partial charge in [0.25, 0.3) is 5.91 Å². The van der Waals surface area contributed by atoms with Gasteiger partial charge in [-0.2, -0.15) is 8.75 Å². The first-order chi connectivity index (χ1) is 16.9. The second kappa shape index (κ2) is 9.22. The second-order valence-corrected chi connectivity index (χ2v) is 8.85. The lowest BCUT2D eigenvalue weighted by Crippen LogP contribution is -2.26. The minimum Gasteiger partial charge on any atom is -0.337 e. The molecule has 0 saturated carbocycles. The van der Waals surface area contributed by atoms with E-state index in [1.807, 2.05) is 22.8 Å². The molecule has 0 bridgehead atoms. The van der Waals surface area contributed by atoms with Gasteiger partial charge in [-0.05, 0) is 47.5 Å². The van der Waals surface area contributed by atoms with Gasteiger partial charge in [0.1, 0.15) is 16.9 Å². The molecule has 5 aromatic rings. The molecular weight excluding hydrogens is 467 g/mol. The molecule has 5 rings (SSSR count). The number of imidazole rings is 1. The molecule has 35 heavy (non-hydrogen) atoms. The first-order valence-corrected chi connectivity index (χ1v) is 11.6. The van der Waals surface area contributed by atoms with Crippen LogP contribution in [0.15, 0.2) is 60.9 Å². The van der Waals surface area contributed by atoms with Gasteiger partial charge >= 0.3 is 0 Å². The van der Waals surface area contributed by atoms with Crippen molar-refractivity contribution in [3.8, 4) is 0 Å². The molecule has 0 spiro atoms. The van der Waals surface area contributed by atoms with Crippen molar-refractivity contribution >= 4 is 51.3 Å². The predicted molar refractivity (Wildman–Crippen MR) is 133 cm³/mol. The molecule has 3 aromatic carbocycles. The Hall–Kier alpha value is -4.18. The topological polar surface area (TPSA) is 93.0 Å². The summed E-state index contributed by atoms with van der Waals surface area (Å²) in [6.07, 6.45) is 1.65. The van der Waals surface area contributed by atoms with Crippen molar-refractivity contribution in [2.45, 2.75) is 20.0 Å². The van der Waals surface area contributed by atoms with Crippen LogP contribution in [0.5, 0.6) is 0 Å². The average Bonchev–Trinajstić information content (AvgIpc) is 3.46. The number of rotatable bonds is 6. The van der Waals surface area contributed by atoms with Gasteiger partial charge in [-0.15, -0.1) is 0 Å². The molecule has 0 fully saturated rings. The summed E-state index contributed by atoms with van der Waals surface area (Å²) >= 11 is 1.15. The number of anilines is 1. The molecule has 2 heterocycles. The van der Waals surface area contributed by atoms with Gasteiger partial charge in [0.15, 0.2) is 0 Å². The van der Waals surface area contributed by atoms with Crippen LogP contribution >= 0.6 is 11.7 Å². The Labute approximate surface area is 204 Å². The lowest BCUT2D eigenvalue weighted by Gasteiger charge is -2.18. The molecule has 0 unspecified atom stereocenters. The summed E-state index contributed by atoms with van der Waals surface area (Å²) in [6, 6.07) is 15.3. The largest absolute Gasteiger partial charge is 0.337 e. The van der Waals surface area contributed by atoms with E-state index in [4.69, 9.17) is 0 Å². The third-order valence-corrected chi connectivity index (χ3v) is 6.18. The third-order valence-electron chi connectivity index (χ3n) is 5.62. The Morgan fingerprint density at radius 3 is 2.51 bits per heavy atom. The van der Waals surface area contributed by atoms with Gasteiger partial charge in [-0.3, -0.25) is 9.59 Å². The van der Waals surface area contributed by atoms with E-state index in [1.54, 1.807) is 42.5 Å². The van der Waals surface area contributed by atoms with Gasteiger partial charge in [-0.1, -0.05) is 18.2 Å². The predicted octanol–water partition coefficient (Wildman–Crippen LogP) is 4.46.